The summed E-state index contributed by atoms with van der Waals surface area (Å²) < 4.78 is 0. The highest BCUT2D eigenvalue weighted by molar-refractivity contribution is 7.75. The molecule has 0 atom stereocenters. The van der Waals surface area contributed by atoms with Gasteiger partial charge in [0.15, 0.2) is 0 Å². The molecule has 2 N–H and O–H groups in total. The van der Waals surface area contributed by atoms with E-state index in [1.54, 1.807) is 0 Å². The van der Waals surface area contributed by atoms with E-state index in [0.29, 0.717) is 0 Å². The molecule has 5 rings (SSSR count). The summed E-state index contributed by atoms with van der Waals surface area (Å²) in [4.78, 5) is 0. The second-order valence-electron chi connectivity index (χ2n) is 7.78. The summed E-state index contributed by atoms with van der Waals surface area (Å²) in [6.07, 6.45) is 0. The minimum atomic E-state index is -0.760. The van der Waals surface area contributed by atoms with Crippen LogP contribution < -0.4 is 31.4 Å². The molecule has 2 nitrogen and oxygen atoms in total. The number of anilines is 2. The van der Waals surface area contributed by atoms with E-state index in [1.165, 1.54) is 21.2 Å². The first kappa shape index (κ1) is 22.4. The van der Waals surface area contributed by atoms with E-state index in [1.807, 2.05) is 0 Å². The molecule has 0 radical (unpaired) electrons. The Kier molecular flexibility index (Phi) is 7.31. The largest absolute Gasteiger partial charge is 0.355 e. The predicted octanol–water partition coefficient (Wildman–Crippen LogP) is 6.61. The summed E-state index contributed by atoms with van der Waals surface area (Å²) in [5.74, 6) is 0. The van der Waals surface area contributed by atoms with Crippen molar-refractivity contribution in [2.45, 2.75) is 0 Å². The van der Waals surface area contributed by atoms with E-state index in [4.69, 9.17) is 0 Å². The molecule has 0 aliphatic rings. The van der Waals surface area contributed by atoms with Gasteiger partial charge >= 0.3 is 0 Å². The van der Waals surface area contributed by atoms with Crippen LogP contribution >= 0.6 is 16.1 Å². The Labute approximate surface area is 204 Å². The predicted molar refractivity (Wildman–Crippen MR) is 152 cm³/mol. The van der Waals surface area contributed by atoms with E-state index >= 15 is 0 Å². The maximum atomic E-state index is 3.90. The first-order valence-electron chi connectivity index (χ1n) is 11.3. The summed E-state index contributed by atoms with van der Waals surface area (Å²) in [5, 5.41) is 13.0. The van der Waals surface area contributed by atoms with Crippen molar-refractivity contribution < 1.29 is 0 Å². The van der Waals surface area contributed by atoms with Crippen molar-refractivity contribution in [1.29, 1.82) is 0 Å². The normalized spacial score (nSPS) is 10.9. The molecule has 0 aliphatic carbocycles. The average molecular weight is 477 g/mol. The molecule has 0 saturated carbocycles. The molecule has 0 aromatic heterocycles. The molecule has 4 heteroatoms. The first-order valence-corrected chi connectivity index (χ1v) is 14.0. The highest BCUT2D eigenvalue weighted by atomic mass is 31.1. The van der Waals surface area contributed by atoms with Crippen LogP contribution in [0.2, 0.25) is 0 Å². The monoisotopic (exact) mass is 476 g/mol. The van der Waals surface area contributed by atoms with Gasteiger partial charge < -0.3 is 10.2 Å². The maximum absolute atomic E-state index is 3.90. The molecular weight excluding hydrogens is 450 g/mol. The van der Waals surface area contributed by atoms with E-state index in [-0.39, 0.29) is 0 Å². The van der Waals surface area contributed by atoms with Crippen LogP contribution in [0.5, 0.6) is 0 Å². The highest BCUT2D eigenvalue weighted by Crippen LogP contribution is 2.42. The van der Waals surface area contributed by atoms with Crippen molar-refractivity contribution in [3.8, 4) is 0 Å². The molecule has 34 heavy (non-hydrogen) atoms. The van der Waals surface area contributed by atoms with Crippen LogP contribution in [0.25, 0.3) is 0 Å². The van der Waals surface area contributed by atoms with Gasteiger partial charge in [0.25, 0.3) is 0 Å². The SMILES string of the molecule is c1ccc(P(Nc2ccccc2NP(c2ccccc2)c2ccccc2)c2ccccc2)cc1. The molecule has 5 aromatic carbocycles. The van der Waals surface area contributed by atoms with Crippen LogP contribution in [0, 0.1) is 0 Å². The van der Waals surface area contributed by atoms with Crippen molar-refractivity contribution in [2.24, 2.45) is 0 Å². The third-order valence-corrected chi connectivity index (χ3v) is 9.64. The fourth-order valence-electron chi connectivity index (χ4n) is 3.78. The molecule has 0 heterocycles. The van der Waals surface area contributed by atoms with Crippen molar-refractivity contribution in [1.82, 2.24) is 0 Å². The van der Waals surface area contributed by atoms with Crippen molar-refractivity contribution in [2.75, 3.05) is 10.2 Å². The molecule has 0 aliphatic heterocycles. The summed E-state index contributed by atoms with van der Waals surface area (Å²) >= 11 is 0. The standard InChI is InChI=1S/C30H26N2P2/c1-5-15-25(16-6-1)33(26-17-7-2-8-18-26)31-29-23-13-14-24-30(29)32-34(27-19-9-3-10-20-27)28-21-11-4-12-22-28/h1-24,31-32H. The van der Waals surface area contributed by atoms with Gasteiger partial charge in [0.1, 0.15) is 0 Å². The van der Waals surface area contributed by atoms with Gasteiger partial charge in [-0.15, -0.1) is 0 Å². The number of benzene rings is 5. The minimum absolute atomic E-state index is 0.760. The lowest BCUT2D eigenvalue weighted by Crippen LogP contribution is -2.19. The number of para-hydroxylation sites is 2. The van der Waals surface area contributed by atoms with Gasteiger partial charge in [-0.05, 0) is 12.1 Å². The van der Waals surface area contributed by atoms with E-state index in [0.717, 1.165) is 11.4 Å². The lowest BCUT2D eigenvalue weighted by atomic mass is 10.3. The van der Waals surface area contributed by atoms with E-state index in [9.17, 15) is 0 Å². The smallest absolute Gasteiger partial charge is 0.0615 e. The lowest BCUT2D eigenvalue weighted by Gasteiger charge is -2.26. The van der Waals surface area contributed by atoms with Gasteiger partial charge in [0.05, 0.1) is 27.5 Å². The Hall–Kier alpha value is -3.44. The zero-order chi connectivity index (χ0) is 23.0. The third kappa shape index (κ3) is 5.37. The molecule has 0 fully saturated rings. The van der Waals surface area contributed by atoms with Crippen LogP contribution in [0.15, 0.2) is 146 Å². The van der Waals surface area contributed by atoms with Gasteiger partial charge in [-0.2, -0.15) is 0 Å². The molecule has 0 amide bonds. The van der Waals surface area contributed by atoms with Crippen molar-refractivity contribution >= 4 is 48.7 Å². The van der Waals surface area contributed by atoms with Crippen LogP contribution in [0.4, 0.5) is 11.4 Å². The van der Waals surface area contributed by atoms with E-state index < -0.39 is 16.1 Å². The molecule has 166 valence electrons. The lowest BCUT2D eigenvalue weighted by molar-refractivity contribution is 1.64. The average Bonchev–Trinajstić information content (AvgIpc) is 2.93. The minimum Gasteiger partial charge on any atom is -0.355 e. The summed E-state index contributed by atoms with van der Waals surface area (Å²) in [6, 6.07) is 51.4. The quantitative estimate of drug-likeness (QED) is 0.247. The Morgan fingerprint density at radius 1 is 0.294 bits per heavy atom. The van der Waals surface area contributed by atoms with Crippen LogP contribution in [0.1, 0.15) is 0 Å². The zero-order valence-corrected chi connectivity index (χ0v) is 20.5. The number of rotatable bonds is 8. The zero-order valence-electron chi connectivity index (χ0n) is 18.8. The summed E-state index contributed by atoms with van der Waals surface area (Å²) in [5.41, 5.74) is 2.22. The van der Waals surface area contributed by atoms with Crippen molar-refractivity contribution in [3.05, 3.63) is 146 Å². The summed E-state index contributed by atoms with van der Waals surface area (Å²) in [7, 11) is -1.52. The maximum Gasteiger partial charge on any atom is 0.0615 e. The number of nitrogens with one attached hydrogen (secondary N) is 2. The van der Waals surface area contributed by atoms with Crippen LogP contribution in [-0.2, 0) is 0 Å². The molecule has 0 unspecified atom stereocenters. The number of hydrogen-bond acceptors (Lipinski definition) is 2. The fraction of sp³-hybridized carbons (Fsp3) is 0. The Morgan fingerprint density at radius 3 is 0.794 bits per heavy atom. The molecule has 0 bridgehead atoms. The summed E-state index contributed by atoms with van der Waals surface area (Å²) in [6.45, 7) is 0. The van der Waals surface area contributed by atoms with Crippen LogP contribution in [0.3, 0.4) is 0 Å². The van der Waals surface area contributed by atoms with Gasteiger partial charge in [0.2, 0.25) is 0 Å². The Bertz CT molecular complexity index is 1110. The topological polar surface area (TPSA) is 24.1 Å². The first-order chi connectivity index (χ1) is 16.9. The fourth-order valence-corrected chi connectivity index (χ4v) is 7.65. The van der Waals surface area contributed by atoms with Gasteiger partial charge in [-0.3, -0.25) is 0 Å². The van der Waals surface area contributed by atoms with Gasteiger partial charge in [0, 0.05) is 21.2 Å². The van der Waals surface area contributed by atoms with Crippen molar-refractivity contribution in [3.63, 3.8) is 0 Å². The highest BCUT2D eigenvalue weighted by Gasteiger charge is 2.18. The third-order valence-electron chi connectivity index (χ3n) is 5.45. The second kappa shape index (κ2) is 11.1. The van der Waals surface area contributed by atoms with Gasteiger partial charge in [-0.25, -0.2) is 0 Å². The van der Waals surface area contributed by atoms with Crippen LogP contribution in [-0.4, -0.2) is 0 Å². The van der Waals surface area contributed by atoms with E-state index in [2.05, 4.69) is 156 Å². The molecule has 5 aromatic rings. The van der Waals surface area contributed by atoms with Gasteiger partial charge in [-0.1, -0.05) is 133 Å². The molecular formula is C30H26N2P2. The Morgan fingerprint density at radius 2 is 0.529 bits per heavy atom. The molecule has 0 spiro atoms. The Balaban J connectivity index is 1.51. The molecule has 0 saturated heterocycles. The number of hydrogen-bond donors (Lipinski definition) is 2. The second-order valence-corrected chi connectivity index (χ2v) is 11.6.